The first-order valence-electron chi connectivity index (χ1n) is 20.7. The van der Waals surface area contributed by atoms with Crippen LogP contribution in [0.2, 0.25) is 0 Å². The van der Waals surface area contributed by atoms with Crippen LogP contribution in [0.5, 0.6) is 11.5 Å². The summed E-state index contributed by atoms with van der Waals surface area (Å²) in [4.78, 5) is 5.41. The van der Waals surface area contributed by atoms with Gasteiger partial charge in [0.1, 0.15) is 11.5 Å². The monoisotopic (exact) mass is 746 g/mol. The summed E-state index contributed by atoms with van der Waals surface area (Å²) in [5.41, 5.74) is 4.98. The Morgan fingerprint density at radius 3 is 1.55 bits per heavy atom. The van der Waals surface area contributed by atoms with Crippen LogP contribution in [0.15, 0.2) is 97.6 Å². The Morgan fingerprint density at radius 1 is 0.518 bits per heavy atom. The molecular formula is C48H54N6O2+2. The molecule has 8 aromatic rings. The van der Waals surface area contributed by atoms with Gasteiger partial charge in [0.05, 0.1) is 43.6 Å². The van der Waals surface area contributed by atoms with E-state index in [0.29, 0.717) is 0 Å². The van der Waals surface area contributed by atoms with Gasteiger partial charge in [-0.05, 0) is 117 Å². The van der Waals surface area contributed by atoms with E-state index in [0.717, 1.165) is 49.5 Å². The fraction of sp³-hybridized carbons (Fsp3) is 0.375. The molecule has 4 aromatic carbocycles. The molecular weight excluding hydrogens is 693 g/mol. The molecule has 0 N–H and O–H groups in total. The third kappa shape index (κ3) is 6.14. The summed E-state index contributed by atoms with van der Waals surface area (Å²) in [6.07, 6.45) is 14.6. The van der Waals surface area contributed by atoms with Crippen LogP contribution < -0.4 is 18.6 Å². The van der Waals surface area contributed by atoms with E-state index in [1.54, 1.807) is 14.2 Å². The van der Waals surface area contributed by atoms with Gasteiger partial charge >= 0.3 is 0 Å². The summed E-state index contributed by atoms with van der Waals surface area (Å²) in [5.74, 6) is 3.55. The van der Waals surface area contributed by atoms with Crippen LogP contribution >= 0.6 is 0 Å². The minimum atomic E-state index is 0.872. The minimum absolute atomic E-state index is 0.872. The van der Waals surface area contributed by atoms with E-state index in [1.807, 2.05) is 0 Å². The Hall–Kier alpha value is -5.18. The van der Waals surface area contributed by atoms with Crippen LogP contribution in [-0.4, -0.2) is 72.4 Å². The van der Waals surface area contributed by atoms with Gasteiger partial charge < -0.3 is 18.6 Å². The number of likely N-dealkylation sites (tertiary alicyclic amines) is 2. The van der Waals surface area contributed by atoms with E-state index < -0.39 is 0 Å². The second-order valence-corrected chi connectivity index (χ2v) is 16.5. The van der Waals surface area contributed by atoms with Gasteiger partial charge in [0.2, 0.25) is 0 Å². The van der Waals surface area contributed by atoms with Crippen molar-refractivity contribution in [2.75, 3.05) is 53.5 Å². The first kappa shape index (κ1) is 35.2. The fourth-order valence-electron chi connectivity index (χ4n) is 10.3. The van der Waals surface area contributed by atoms with Crippen molar-refractivity contribution in [1.29, 1.82) is 0 Å². The Balaban J connectivity index is 0.739. The number of pyridine rings is 2. The number of benzene rings is 4. The average molecular weight is 747 g/mol. The Morgan fingerprint density at radius 2 is 1.00 bits per heavy atom. The SMILES string of the molecule is COc1ccc2c(c1)c1c3c[n+](CCN4CCC(C5CCN(CC[n+]6ccc7ccc8c(c7c6)c6ccc(OC)cc6n8C)CC5)CC4)ccc3ccc1n2C. The van der Waals surface area contributed by atoms with Gasteiger partial charge in [0.25, 0.3) is 0 Å². The van der Waals surface area contributed by atoms with Gasteiger partial charge in [-0.2, -0.15) is 0 Å². The molecule has 8 heteroatoms. The second-order valence-electron chi connectivity index (χ2n) is 16.5. The lowest BCUT2D eigenvalue weighted by atomic mass is 9.79. The predicted octanol–water partition coefficient (Wildman–Crippen LogP) is 8.00. The van der Waals surface area contributed by atoms with Gasteiger partial charge in [0, 0.05) is 70.4 Å². The number of nitrogens with zero attached hydrogens (tertiary/aromatic N) is 6. The van der Waals surface area contributed by atoms with Crippen molar-refractivity contribution >= 4 is 65.2 Å². The first-order valence-corrected chi connectivity index (χ1v) is 20.7. The molecule has 2 saturated heterocycles. The number of hydrogen-bond acceptors (Lipinski definition) is 4. The quantitative estimate of drug-likeness (QED) is 0.141. The molecule has 0 bridgehead atoms. The van der Waals surface area contributed by atoms with E-state index >= 15 is 0 Å². The van der Waals surface area contributed by atoms with Crippen LogP contribution in [0.25, 0.3) is 65.2 Å². The van der Waals surface area contributed by atoms with Crippen LogP contribution in [0.3, 0.4) is 0 Å². The Bertz CT molecular complexity index is 2750. The second kappa shape index (κ2) is 14.4. The number of methoxy groups -OCH3 is 2. The molecule has 2 aliphatic heterocycles. The number of aromatic nitrogens is 4. The number of rotatable bonds is 9. The molecule has 0 radical (unpaired) electrons. The average Bonchev–Trinajstić information content (AvgIpc) is 3.71. The molecule has 6 heterocycles. The van der Waals surface area contributed by atoms with E-state index in [-0.39, 0.29) is 0 Å². The van der Waals surface area contributed by atoms with Gasteiger partial charge in [0.15, 0.2) is 37.9 Å². The highest BCUT2D eigenvalue weighted by Crippen LogP contribution is 2.37. The zero-order chi connectivity index (χ0) is 37.9. The third-order valence-corrected chi connectivity index (χ3v) is 13.7. The summed E-state index contributed by atoms with van der Waals surface area (Å²) in [7, 11) is 7.82. The van der Waals surface area contributed by atoms with E-state index in [1.165, 1.54) is 117 Å². The predicted molar refractivity (Wildman–Crippen MR) is 228 cm³/mol. The third-order valence-electron chi connectivity index (χ3n) is 13.7. The fourth-order valence-corrected chi connectivity index (χ4v) is 10.3. The number of ether oxygens (including phenoxy) is 2. The van der Waals surface area contributed by atoms with Crippen LogP contribution in [0.1, 0.15) is 25.7 Å². The van der Waals surface area contributed by atoms with Crippen molar-refractivity contribution in [3.05, 3.63) is 97.6 Å². The summed E-state index contributed by atoms with van der Waals surface area (Å²) >= 11 is 0. The number of piperidine rings is 2. The smallest absolute Gasteiger partial charge is 0.177 e. The van der Waals surface area contributed by atoms with Crippen LogP contribution in [-0.2, 0) is 27.2 Å². The molecule has 4 aromatic heterocycles. The standard InChI is InChI=1S/C48H54N6O2/c1-49-43-12-8-37(55-3)29-40(43)48-42-32-54(24-18-36(42)6-11-45(48)49)28-26-52-21-15-34(16-22-52)33-13-19-51(20-14-33)25-27-53-23-17-35-5-10-44-47(41(35)31-53)39-9-7-38(56-4)30-46(39)50(44)2/h5-12,17-18,23-24,29-34H,13-16,19-22,25-28H2,1-4H3/q+2. The maximum absolute atomic E-state index is 5.61. The lowest BCUT2D eigenvalue weighted by Gasteiger charge is -2.39. The molecule has 2 fully saturated rings. The van der Waals surface area contributed by atoms with Crippen molar-refractivity contribution in [3.8, 4) is 11.5 Å². The highest BCUT2D eigenvalue weighted by Gasteiger charge is 2.30. The van der Waals surface area contributed by atoms with Crippen molar-refractivity contribution < 1.29 is 18.6 Å². The molecule has 56 heavy (non-hydrogen) atoms. The van der Waals surface area contributed by atoms with E-state index in [4.69, 9.17) is 9.47 Å². The molecule has 0 unspecified atom stereocenters. The maximum atomic E-state index is 5.61. The van der Waals surface area contributed by atoms with Gasteiger partial charge in [-0.25, -0.2) is 9.13 Å². The van der Waals surface area contributed by atoms with Gasteiger partial charge in [-0.15, -0.1) is 0 Å². The molecule has 0 amide bonds. The van der Waals surface area contributed by atoms with Crippen molar-refractivity contribution in [2.24, 2.45) is 25.9 Å². The van der Waals surface area contributed by atoms with Gasteiger partial charge in [-0.1, -0.05) is 12.1 Å². The number of aryl methyl sites for hydroxylation is 2. The zero-order valence-electron chi connectivity index (χ0n) is 33.4. The lowest BCUT2D eigenvalue weighted by Crippen LogP contribution is -2.46. The van der Waals surface area contributed by atoms with E-state index in [2.05, 4.69) is 140 Å². The molecule has 2 aliphatic rings. The molecule has 286 valence electrons. The highest BCUT2D eigenvalue weighted by molar-refractivity contribution is 6.21. The molecule has 0 aliphatic carbocycles. The summed E-state index contributed by atoms with van der Waals surface area (Å²) in [6, 6.07) is 26.5. The molecule has 10 rings (SSSR count). The lowest BCUT2D eigenvalue weighted by molar-refractivity contribution is -0.695. The normalized spacial score (nSPS) is 16.7. The van der Waals surface area contributed by atoms with Gasteiger partial charge in [-0.3, -0.25) is 9.80 Å². The minimum Gasteiger partial charge on any atom is -0.497 e. The Labute approximate surface area is 329 Å². The maximum Gasteiger partial charge on any atom is 0.177 e. The molecule has 0 atom stereocenters. The summed E-state index contributed by atoms with van der Waals surface area (Å²) in [6.45, 7) is 9.15. The largest absolute Gasteiger partial charge is 0.497 e. The zero-order valence-corrected chi connectivity index (χ0v) is 33.4. The Kier molecular flexibility index (Phi) is 9.06. The van der Waals surface area contributed by atoms with E-state index in [9.17, 15) is 0 Å². The summed E-state index contributed by atoms with van der Waals surface area (Å²) < 4.78 is 20.6. The topological polar surface area (TPSA) is 42.6 Å². The van der Waals surface area contributed by atoms with Crippen molar-refractivity contribution in [1.82, 2.24) is 18.9 Å². The first-order chi connectivity index (χ1) is 27.4. The number of hydrogen-bond donors (Lipinski definition) is 0. The number of fused-ring (bicyclic) bond motifs is 10. The van der Waals surface area contributed by atoms with Crippen LogP contribution in [0.4, 0.5) is 0 Å². The molecule has 0 saturated carbocycles. The summed E-state index contributed by atoms with van der Waals surface area (Å²) in [5, 5.41) is 10.4. The highest BCUT2D eigenvalue weighted by atomic mass is 16.5. The van der Waals surface area contributed by atoms with Crippen molar-refractivity contribution in [3.63, 3.8) is 0 Å². The van der Waals surface area contributed by atoms with Crippen molar-refractivity contribution in [2.45, 2.75) is 38.8 Å². The molecule has 0 spiro atoms. The van der Waals surface area contributed by atoms with Crippen LogP contribution in [0, 0.1) is 11.8 Å². The molecule has 8 nitrogen and oxygen atoms in total.